The average Bonchev–Trinajstić information content (AvgIpc) is 2.99. The highest BCUT2D eigenvalue weighted by Gasteiger charge is 2.24. The molecule has 1 aliphatic heterocycles. The van der Waals surface area contributed by atoms with Crippen molar-refractivity contribution >= 4 is 32.4 Å². The van der Waals surface area contributed by atoms with Gasteiger partial charge in [0.1, 0.15) is 0 Å². The number of sulfonamides is 1. The molecule has 1 unspecified atom stereocenters. The molecule has 30 heavy (non-hydrogen) atoms. The quantitative estimate of drug-likeness (QED) is 0.658. The van der Waals surface area contributed by atoms with E-state index in [4.69, 9.17) is 5.14 Å². The summed E-state index contributed by atoms with van der Waals surface area (Å²) in [6.45, 7) is 7.96. The number of nitrogens with zero attached hydrogens (tertiary/aromatic N) is 3. The van der Waals surface area contributed by atoms with Gasteiger partial charge >= 0.3 is 0 Å². The maximum Gasteiger partial charge on any atom is 0.238 e. The second-order valence-corrected chi connectivity index (χ2v) is 9.95. The van der Waals surface area contributed by atoms with Crippen molar-refractivity contribution in [3.05, 3.63) is 40.9 Å². The summed E-state index contributed by atoms with van der Waals surface area (Å²) < 4.78 is 22.6. The van der Waals surface area contributed by atoms with Crippen molar-refractivity contribution in [1.82, 2.24) is 15.2 Å². The lowest BCUT2D eigenvalue weighted by molar-refractivity contribution is -0.125. The van der Waals surface area contributed by atoms with Crippen LogP contribution in [0.5, 0.6) is 0 Å². The fourth-order valence-electron chi connectivity index (χ4n) is 3.49. The third kappa shape index (κ3) is 6.00. The molecule has 0 saturated carbocycles. The van der Waals surface area contributed by atoms with Crippen molar-refractivity contribution < 1.29 is 13.2 Å². The fraction of sp³-hybridized carbons (Fsp3) is 0.500. The zero-order chi connectivity index (χ0) is 21.7. The van der Waals surface area contributed by atoms with E-state index >= 15 is 0 Å². The molecule has 0 radical (unpaired) electrons. The van der Waals surface area contributed by atoms with Gasteiger partial charge in [0.2, 0.25) is 15.9 Å². The lowest BCUT2D eigenvalue weighted by Crippen LogP contribution is -2.47. The highest BCUT2D eigenvalue weighted by Crippen LogP contribution is 2.22. The molecule has 3 N–H and O–H groups in total. The van der Waals surface area contributed by atoms with Crippen LogP contribution in [0.4, 0.5) is 5.13 Å². The lowest BCUT2D eigenvalue weighted by atomic mass is 10.1. The number of thiazole rings is 1. The van der Waals surface area contributed by atoms with Crippen molar-refractivity contribution in [3.63, 3.8) is 0 Å². The highest BCUT2D eigenvalue weighted by molar-refractivity contribution is 7.89. The zero-order valence-corrected chi connectivity index (χ0v) is 19.0. The van der Waals surface area contributed by atoms with E-state index in [0.29, 0.717) is 13.0 Å². The highest BCUT2D eigenvalue weighted by atomic mass is 32.2. The van der Waals surface area contributed by atoms with Crippen molar-refractivity contribution in [1.29, 1.82) is 0 Å². The predicted octanol–water partition coefficient (Wildman–Crippen LogP) is 1.36. The molecule has 0 bridgehead atoms. The van der Waals surface area contributed by atoms with Gasteiger partial charge in [0.25, 0.3) is 0 Å². The van der Waals surface area contributed by atoms with Crippen LogP contribution in [-0.2, 0) is 21.2 Å². The first-order valence-electron chi connectivity index (χ1n) is 10.0. The van der Waals surface area contributed by atoms with Crippen molar-refractivity contribution in [3.8, 4) is 0 Å². The van der Waals surface area contributed by atoms with Crippen LogP contribution < -0.4 is 15.4 Å². The van der Waals surface area contributed by atoms with Crippen LogP contribution in [0, 0.1) is 6.92 Å². The molecule has 164 valence electrons. The first-order chi connectivity index (χ1) is 14.2. The summed E-state index contributed by atoms with van der Waals surface area (Å²) >= 11 is 1.67. The number of aryl methyl sites for hydroxylation is 1. The molecule has 8 nitrogen and oxygen atoms in total. The Labute approximate surface area is 182 Å². The third-order valence-electron chi connectivity index (χ3n) is 5.30. The monoisotopic (exact) mass is 451 g/mol. The number of hydrogen-bond donors (Lipinski definition) is 2. The number of anilines is 1. The van der Waals surface area contributed by atoms with E-state index in [1.54, 1.807) is 23.5 Å². The molecule has 10 heteroatoms. The van der Waals surface area contributed by atoms with Crippen LogP contribution in [-0.4, -0.2) is 63.0 Å². The van der Waals surface area contributed by atoms with Gasteiger partial charge in [-0.15, -0.1) is 11.3 Å². The van der Waals surface area contributed by atoms with E-state index in [2.05, 4.69) is 25.5 Å². The van der Waals surface area contributed by atoms with Crippen molar-refractivity contribution in [2.24, 2.45) is 5.14 Å². The summed E-state index contributed by atoms with van der Waals surface area (Å²) in [5, 5.41) is 11.2. The molecule has 1 amide bonds. The Morgan fingerprint density at radius 1 is 1.23 bits per heavy atom. The number of amides is 1. The Hall–Kier alpha value is -2.01. The van der Waals surface area contributed by atoms with Gasteiger partial charge in [0.05, 0.1) is 16.6 Å². The van der Waals surface area contributed by atoms with Crippen LogP contribution in [0.3, 0.4) is 0 Å². The van der Waals surface area contributed by atoms with Crippen LogP contribution in [0.2, 0.25) is 0 Å². The van der Waals surface area contributed by atoms with Gasteiger partial charge in [-0.2, -0.15) is 0 Å². The van der Waals surface area contributed by atoms with Gasteiger partial charge in [-0.05, 0) is 44.4 Å². The van der Waals surface area contributed by atoms with Crippen LogP contribution in [0.15, 0.2) is 34.5 Å². The van der Waals surface area contributed by atoms with E-state index in [1.807, 2.05) is 13.8 Å². The summed E-state index contributed by atoms with van der Waals surface area (Å²) in [5.41, 5.74) is 1.99. The summed E-state index contributed by atoms with van der Waals surface area (Å²) in [6.07, 6.45) is 1.62. The zero-order valence-electron chi connectivity index (χ0n) is 17.4. The molecule has 1 aromatic heterocycles. The minimum Gasteiger partial charge on any atom is -0.354 e. The fourth-order valence-corrected chi connectivity index (χ4v) is 4.86. The van der Waals surface area contributed by atoms with Crippen LogP contribution >= 0.6 is 11.3 Å². The number of benzene rings is 1. The molecule has 1 saturated heterocycles. The molecule has 0 aliphatic carbocycles. The van der Waals surface area contributed by atoms with Gasteiger partial charge in [-0.3, -0.25) is 9.69 Å². The number of nitrogens with two attached hydrogens (primary N) is 1. The van der Waals surface area contributed by atoms with E-state index < -0.39 is 10.0 Å². The topological polar surface area (TPSA) is 109 Å². The predicted molar refractivity (Wildman–Crippen MR) is 119 cm³/mol. The smallest absolute Gasteiger partial charge is 0.238 e. The van der Waals surface area contributed by atoms with Crippen LogP contribution in [0.25, 0.3) is 0 Å². The van der Waals surface area contributed by atoms with Gasteiger partial charge in [-0.25, -0.2) is 18.5 Å². The van der Waals surface area contributed by atoms with Crippen molar-refractivity contribution in [2.45, 2.75) is 37.6 Å². The maximum absolute atomic E-state index is 12.6. The Balaban J connectivity index is 1.46. The Morgan fingerprint density at radius 3 is 2.60 bits per heavy atom. The summed E-state index contributed by atoms with van der Waals surface area (Å²) in [7, 11) is -3.68. The Morgan fingerprint density at radius 2 is 1.97 bits per heavy atom. The molecule has 1 atom stereocenters. The maximum atomic E-state index is 12.6. The number of aromatic nitrogens is 1. The largest absolute Gasteiger partial charge is 0.354 e. The van der Waals surface area contributed by atoms with Crippen molar-refractivity contribution in [2.75, 3.05) is 37.6 Å². The normalized spacial score (nSPS) is 16.8. The Kier molecular flexibility index (Phi) is 7.45. The number of carbonyl (C=O) groups is 1. The molecule has 1 aliphatic rings. The summed E-state index contributed by atoms with van der Waals surface area (Å²) in [5.74, 6) is 0.00898. The minimum atomic E-state index is -3.68. The number of nitrogens with one attached hydrogen (secondary N) is 1. The second-order valence-electron chi connectivity index (χ2n) is 7.55. The first-order valence-corrected chi connectivity index (χ1v) is 12.5. The standard InChI is InChI=1S/C20H29N5O3S2/c1-15-14-29-20(23-15)25-11-3-10-24(12-13-25)16(2)19(26)22-9-8-17-4-6-18(7-5-17)30(21,27)28/h4-7,14,16H,3,8-13H2,1-2H3,(H,22,26)(H2,21,27,28). The molecule has 0 spiro atoms. The Bertz CT molecular complexity index is 959. The second kappa shape index (κ2) is 9.86. The molecule has 2 aromatic rings. The van der Waals surface area contributed by atoms with E-state index in [0.717, 1.165) is 49.0 Å². The molecular formula is C20H29N5O3S2. The van der Waals surface area contributed by atoms with Crippen LogP contribution in [0.1, 0.15) is 24.6 Å². The van der Waals surface area contributed by atoms with E-state index in [-0.39, 0.29) is 16.8 Å². The number of hydrogen-bond acceptors (Lipinski definition) is 7. The molecule has 2 heterocycles. The minimum absolute atomic E-state index is 0.00898. The number of rotatable bonds is 7. The van der Waals surface area contributed by atoms with Gasteiger partial charge in [0.15, 0.2) is 5.13 Å². The molecule has 1 fully saturated rings. The molecule has 3 rings (SSSR count). The SMILES string of the molecule is Cc1csc(N2CCCN(C(C)C(=O)NCCc3ccc(S(N)(=O)=O)cc3)CC2)n1. The third-order valence-corrected chi connectivity index (χ3v) is 7.25. The van der Waals surface area contributed by atoms with Gasteiger partial charge < -0.3 is 10.2 Å². The summed E-state index contributed by atoms with van der Waals surface area (Å²) in [4.78, 5) is 21.8. The lowest BCUT2D eigenvalue weighted by Gasteiger charge is -2.27. The van der Waals surface area contributed by atoms with Gasteiger partial charge in [0, 0.05) is 38.1 Å². The first kappa shape index (κ1) is 22.7. The molecular weight excluding hydrogens is 422 g/mol. The molecule has 1 aromatic carbocycles. The van der Waals surface area contributed by atoms with E-state index in [1.165, 1.54) is 12.1 Å². The van der Waals surface area contributed by atoms with E-state index in [9.17, 15) is 13.2 Å². The summed E-state index contributed by atoms with van der Waals surface area (Å²) in [6, 6.07) is 6.22. The average molecular weight is 452 g/mol. The number of carbonyl (C=O) groups excluding carboxylic acids is 1. The van der Waals surface area contributed by atoms with Gasteiger partial charge in [-0.1, -0.05) is 12.1 Å². The number of primary sulfonamides is 1.